The predicted octanol–water partition coefficient (Wildman–Crippen LogP) is 6.82. The largest absolute Gasteiger partial charge is 0.456 e. The number of nitrogens with zero attached hydrogens (tertiary/aromatic N) is 4. The zero-order chi connectivity index (χ0) is 47.9. The van der Waals surface area contributed by atoms with Crippen LogP contribution in [0.5, 0.6) is 0 Å². The Labute approximate surface area is 381 Å². The third-order valence-electron chi connectivity index (χ3n) is 8.88. The summed E-state index contributed by atoms with van der Waals surface area (Å²) in [5.74, 6) is -3.64. The van der Waals surface area contributed by atoms with E-state index in [1.54, 1.807) is 35.3 Å². The lowest BCUT2D eigenvalue weighted by molar-refractivity contribution is -0.153. The summed E-state index contributed by atoms with van der Waals surface area (Å²) < 4.78 is 20.7. The number of aromatic nitrogens is 2. The Balaban J connectivity index is 0.00000222. The third kappa shape index (κ3) is 15.1. The van der Waals surface area contributed by atoms with E-state index in [4.69, 9.17) is 9.47 Å². The highest BCUT2D eigenvalue weighted by Gasteiger charge is 2.30. The molecule has 2 aromatic carbocycles. The summed E-state index contributed by atoms with van der Waals surface area (Å²) >= 11 is 2.43. The van der Waals surface area contributed by atoms with Crippen molar-refractivity contribution >= 4 is 90.6 Å². The average molecular weight is 929 g/mol. The Kier molecular flexibility index (Phi) is 23.6. The summed E-state index contributed by atoms with van der Waals surface area (Å²) in [6, 6.07) is 4.50. The van der Waals surface area contributed by atoms with Crippen LogP contribution >= 0.6 is 22.7 Å². The molecule has 0 aliphatic carbocycles. The fraction of sp³-hybridized carbons (Fsp3) is 0.500. The van der Waals surface area contributed by atoms with Crippen LogP contribution in [0.15, 0.2) is 35.3 Å². The number of rotatable bonds is 19. The lowest BCUT2D eigenvalue weighted by atomic mass is 9.98. The maximum atomic E-state index is 13.4. The number of hydrogen-bond donors (Lipinski definition) is 2. The molecule has 0 aliphatic rings. The summed E-state index contributed by atoms with van der Waals surface area (Å²) in [6.07, 6.45) is 1.97. The fourth-order valence-electron chi connectivity index (χ4n) is 5.89. The molecule has 4 amide bonds. The van der Waals surface area contributed by atoms with Gasteiger partial charge in [-0.15, -0.1) is 22.7 Å². The van der Waals surface area contributed by atoms with E-state index in [9.17, 15) is 38.4 Å². The minimum absolute atomic E-state index is 0.213. The number of alkyl carbamates (subject to hydrolysis) is 2. The smallest absolute Gasteiger partial charge is 0.407 e. The molecule has 18 nitrogen and oxygen atoms in total. The van der Waals surface area contributed by atoms with E-state index >= 15 is 0 Å². The van der Waals surface area contributed by atoms with E-state index in [0.717, 1.165) is 14.2 Å². The predicted molar refractivity (Wildman–Crippen MR) is 244 cm³/mol. The van der Waals surface area contributed by atoms with Crippen LogP contribution < -0.4 is 10.6 Å². The second-order valence-electron chi connectivity index (χ2n) is 14.1. The molecule has 2 heterocycles. The van der Waals surface area contributed by atoms with Crippen molar-refractivity contribution in [2.75, 3.05) is 53.6 Å². The van der Waals surface area contributed by atoms with E-state index in [0.29, 0.717) is 44.4 Å². The van der Waals surface area contributed by atoms with Crippen LogP contribution in [0.4, 0.5) is 9.59 Å². The third-order valence-corrected chi connectivity index (χ3v) is 10.6. The number of nitrogens with one attached hydrogen (secondary N) is 2. The van der Waals surface area contributed by atoms with Crippen LogP contribution in [0, 0.1) is 0 Å². The monoisotopic (exact) mass is 928 g/mol. The number of ether oxygens (including phenoxy) is 4. The minimum atomic E-state index is -1.04. The van der Waals surface area contributed by atoms with Crippen LogP contribution in [-0.2, 0) is 38.1 Å². The standard InChI is InChI=1S/C38H44N6O12S2.2C3H8/c1-7-13-43(29(47)15-39-37(51)53-5)21(3)35(49)55-17-27(45)25-11-9-23(31-33(25)57-19-41-31)24-10-12-26(34-32(24)42-20-58-34)28(46)18-56-36(50)22(4)44(14-8-2)30(48)16-40-38(52)54-6;2*1-3-2/h9-12,19-22H,7-8,13-18H2,1-6H3,(H,39,51)(H,40,52);2*3H2,1-2H3. The molecule has 0 radical (unpaired) electrons. The van der Waals surface area contributed by atoms with Crippen LogP contribution in [0.3, 0.4) is 0 Å². The van der Waals surface area contributed by atoms with Gasteiger partial charge in [0, 0.05) is 35.3 Å². The van der Waals surface area contributed by atoms with Crippen molar-refractivity contribution in [1.29, 1.82) is 0 Å². The summed E-state index contributed by atoms with van der Waals surface area (Å²) in [7, 11) is 2.32. The van der Waals surface area contributed by atoms with E-state index in [-0.39, 0.29) is 37.3 Å². The van der Waals surface area contributed by atoms with Gasteiger partial charge in [-0.3, -0.25) is 19.2 Å². The molecule has 0 spiro atoms. The van der Waals surface area contributed by atoms with E-state index in [1.807, 2.05) is 13.8 Å². The number of carbonyl (C=O) groups excluding carboxylic acids is 8. The Morgan fingerprint density at radius 2 is 0.938 bits per heavy atom. The van der Waals surface area contributed by atoms with Crippen molar-refractivity contribution in [2.24, 2.45) is 0 Å². The van der Waals surface area contributed by atoms with Gasteiger partial charge in [0.05, 0.1) is 45.7 Å². The molecule has 64 heavy (non-hydrogen) atoms. The molecule has 2 atom stereocenters. The van der Waals surface area contributed by atoms with E-state index < -0.39 is 72.8 Å². The number of ketones is 2. The number of benzene rings is 2. The number of thiazole rings is 2. The van der Waals surface area contributed by atoms with Crippen LogP contribution in [0.25, 0.3) is 31.6 Å². The van der Waals surface area contributed by atoms with Crippen LogP contribution in [0.2, 0.25) is 0 Å². The highest BCUT2D eigenvalue weighted by Crippen LogP contribution is 2.38. The lowest BCUT2D eigenvalue weighted by Gasteiger charge is -2.27. The zero-order valence-corrected chi connectivity index (χ0v) is 39.8. The highest BCUT2D eigenvalue weighted by atomic mass is 32.1. The number of esters is 2. The molecule has 350 valence electrons. The fourth-order valence-corrected chi connectivity index (χ4v) is 7.59. The molecule has 0 aliphatic heterocycles. The average Bonchev–Trinajstić information content (AvgIpc) is 4.00. The summed E-state index contributed by atoms with van der Waals surface area (Å²) in [5.41, 5.74) is 5.91. The van der Waals surface area contributed by atoms with Crippen molar-refractivity contribution in [1.82, 2.24) is 30.4 Å². The van der Waals surface area contributed by atoms with Crippen molar-refractivity contribution in [2.45, 2.75) is 93.2 Å². The normalized spacial score (nSPS) is 11.3. The first kappa shape index (κ1) is 54.1. The molecule has 2 unspecified atom stereocenters. The molecule has 4 rings (SSSR count). The number of Topliss-reactive ketones (excluding diaryl/α,β-unsaturated/α-hetero) is 2. The van der Waals surface area contributed by atoms with Crippen LogP contribution in [0.1, 0.15) is 102 Å². The maximum absolute atomic E-state index is 13.4. The zero-order valence-electron chi connectivity index (χ0n) is 38.2. The Hall–Kier alpha value is -6.02. The Morgan fingerprint density at radius 1 is 0.594 bits per heavy atom. The molecule has 4 aromatic rings. The van der Waals surface area contributed by atoms with Gasteiger partial charge >= 0.3 is 24.1 Å². The Bertz CT molecular complexity index is 2070. The van der Waals surface area contributed by atoms with E-state index in [2.05, 4.69) is 57.8 Å². The van der Waals surface area contributed by atoms with Gasteiger partial charge in [-0.1, -0.05) is 66.5 Å². The molecule has 2 N–H and O–H groups in total. The van der Waals surface area contributed by atoms with Gasteiger partial charge in [-0.25, -0.2) is 29.1 Å². The first-order chi connectivity index (χ1) is 30.6. The SMILES string of the molecule is CCC.CCC.CCCN(C(=O)CNC(=O)OC)C(C)C(=O)OCC(=O)c1ccc(-c2ccc(C(=O)COC(=O)C(C)N(CCC)C(=O)CNC(=O)OC)c3scnc23)c2ncsc12. The van der Waals surface area contributed by atoms with Gasteiger partial charge in [0.2, 0.25) is 23.4 Å². The van der Waals surface area contributed by atoms with E-state index in [1.165, 1.54) is 59.2 Å². The first-order valence-electron chi connectivity index (χ1n) is 21.0. The van der Waals surface area contributed by atoms with Gasteiger partial charge in [0.15, 0.2) is 13.2 Å². The second kappa shape index (κ2) is 27.9. The van der Waals surface area contributed by atoms with Gasteiger partial charge in [-0.05, 0) is 38.8 Å². The molecule has 0 fully saturated rings. The second-order valence-corrected chi connectivity index (χ2v) is 15.8. The van der Waals surface area contributed by atoms with Gasteiger partial charge in [0.25, 0.3) is 0 Å². The molecule has 20 heteroatoms. The van der Waals surface area contributed by atoms with Crippen molar-refractivity contribution in [3.05, 3.63) is 46.4 Å². The molecule has 0 bridgehead atoms. The van der Waals surface area contributed by atoms with Gasteiger partial charge < -0.3 is 39.4 Å². The number of carbonyl (C=O) groups is 8. The van der Waals surface area contributed by atoms with Crippen molar-refractivity contribution in [3.63, 3.8) is 0 Å². The minimum Gasteiger partial charge on any atom is -0.456 e. The van der Waals surface area contributed by atoms with Crippen molar-refractivity contribution < 1.29 is 57.3 Å². The molecule has 0 saturated carbocycles. The molecule has 2 aromatic heterocycles. The number of hydrogen-bond acceptors (Lipinski definition) is 16. The summed E-state index contributed by atoms with van der Waals surface area (Å²) in [6.45, 7) is 13.5. The van der Waals surface area contributed by atoms with Gasteiger partial charge in [0.1, 0.15) is 25.2 Å². The molecule has 0 saturated heterocycles. The van der Waals surface area contributed by atoms with Crippen LogP contribution in [-0.4, -0.2) is 133 Å². The summed E-state index contributed by atoms with van der Waals surface area (Å²) in [5, 5.41) is 4.58. The maximum Gasteiger partial charge on any atom is 0.407 e. The molecular formula is C44H60N6O12S2. The molecular weight excluding hydrogens is 869 g/mol. The number of amides is 4. The van der Waals surface area contributed by atoms with Gasteiger partial charge in [-0.2, -0.15) is 0 Å². The topological polar surface area (TPSA) is 230 Å². The number of methoxy groups -OCH3 is 2. The first-order valence-corrected chi connectivity index (χ1v) is 22.7. The van der Waals surface area contributed by atoms with Crippen molar-refractivity contribution in [3.8, 4) is 11.1 Å². The summed E-state index contributed by atoms with van der Waals surface area (Å²) in [4.78, 5) is 113. The Morgan fingerprint density at radius 3 is 1.25 bits per heavy atom. The number of fused-ring (bicyclic) bond motifs is 2. The quantitative estimate of drug-likeness (QED) is 0.0559. The highest BCUT2D eigenvalue weighted by molar-refractivity contribution is 7.17. The lowest BCUT2D eigenvalue weighted by Crippen LogP contribution is -2.48.